The van der Waals surface area contributed by atoms with Crippen molar-refractivity contribution in [3.8, 4) is 0 Å². The molecule has 0 aliphatic carbocycles. The molecule has 0 spiro atoms. The molecule has 0 amide bonds. The van der Waals surface area contributed by atoms with Gasteiger partial charge in [0.15, 0.2) is 0 Å². The summed E-state index contributed by atoms with van der Waals surface area (Å²) in [5, 5.41) is 7.07. The number of nitrogens with one attached hydrogen (secondary N) is 2. The fourth-order valence-electron chi connectivity index (χ4n) is 2.54. The minimum Gasteiger partial charge on any atom is -0.365 e. The van der Waals surface area contributed by atoms with Gasteiger partial charge in [-0.05, 0) is 49.3 Å². The third-order valence-corrected chi connectivity index (χ3v) is 4.12. The Bertz CT molecular complexity index is 684. The predicted molar refractivity (Wildman–Crippen MR) is 93.8 cm³/mol. The molecule has 1 aliphatic rings. The number of hydrogen-bond donors (Lipinski definition) is 3. The molecule has 0 saturated heterocycles. The van der Waals surface area contributed by atoms with Gasteiger partial charge >= 0.3 is 0 Å². The lowest BCUT2D eigenvalue weighted by atomic mass is 10.0. The molecule has 0 bridgehead atoms. The molecule has 3 rings (SSSR count). The summed E-state index contributed by atoms with van der Waals surface area (Å²) in [5.74, 6) is 0. The first kappa shape index (κ1) is 15.2. The molecule has 1 atom stereocenters. The summed E-state index contributed by atoms with van der Waals surface area (Å²) in [6.45, 7) is 1.56. The Morgan fingerprint density at radius 1 is 1.27 bits per heavy atom. The SMILES string of the molecule is NCCCNC1NC(c2cccc(Br)c2)=Cc2ncccc21. The zero-order valence-corrected chi connectivity index (χ0v) is 13.8. The number of nitrogens with zero attached hydrogens (tertiary/aromatic N) is 1. The van der Waals surface area contributed by atoms with E-state index in [1.807, 2.05) is 24.4 Å². The molecule has 1 aromatic heterocycles. The molecular formula is C17H19BrN4. The second kappa shape index (κ2) is 7.05. The summed E-state index contributed by atoms with van der Waals surface area (Å²) in [6, 6.07) is 12.3. The molecule has 0 saturated carbocycles. The van der Waals surface area contributed by atoms with Crippen LogP contribution < -0.4 is 16.4 Å². The van der Waals surface area contributed by atoms with E-state index in [0.29, 0.717) is 6.54 Å². The number of rotatable bonds is 5. The number of nitrogens with two attached hydrogens (primary N) is 1. The van der Waals surface area contributed by atoms with E-state index in [2.05, 4.69) is 55.8 Å². The maximum absolute atomic E-state index is 5.58. The Hall–Kier alpha value is -1.69. The van der Waals surface area contributed by atoms with Crippen molar-refractivity contribution in [3.63, 3.8) is 0 Å². The van der Waals surface area contributed by atoms with E-state index in [1.54, 1.807) is 0 Å². The second-order valence-electron chi connectivity index (χ2n) is 5.22. The van der Waals surface area contributed by atoms with E-state index in [9.17, 15) is 0 Å². The Labute approximate surface area is 139 Å². The van der Waals surface area contributed by atoms with Gasteiger partial charge in [0.05, 0.1) is 5.69 Å². The van der Waals surface area contributed by atoms with Crippen molar-refractivity contribution < 1.29 is 0 Å². The van der Waals surface area contributed by atoms with Crippen LogP contribution in [-0.4, -0.2) is 18.1 Å². The topological polar surface area (TPSA) is 63.0 Å². The highest BCUT2D eigenvalue weighted by Gasteiger charge is 2.21. The van der Waals surface area contributed by atoms with E-state index in [1.165, 1.54) is 5.56 Å². The molecule has 0 radical (unpaired) electrons. The molecular weight excluding hydrogens is 340 g/mol. The van der Waals surface area contributed by atoms with Gasteiger partial charge in [-0.25, -0.2) is 0 Å². The third-order valence-electron chi connectivity index (χ3n) is 3.63. The van der Waals surface area contributed by atoms with Crippen LogP contribution in [0.5, 0.6) is 0 Å². The standard InChI is InChI=1S/C17H19BrN4/c18-13-5-1-4-12(10-13)15-11-16-14(6-2-8-20-16)17(22-15)21-9-3-7-19/h1-2,4-6,8,10-11,17,21-22H,3,7,9,19H2. The summed E-state index contributed by atoms with van der Waals surface area (Å²) >= 11 is 3.53. The zero-order chi connectivity index (χ0) is 15.4. The fraction of sp³-hybridized carbons (Fsp3) is 0.235. The number of pyridine rings is 1. The van der Waals surface area contributed by atoms with Crippen molar-refractivity contribution >= 4 is 27.7 Å². The molecule has 1 aliphatic heterocycles. The van der Waals surface area contributed by atoms with Crippen molar-refractivity contribution in [2.75, 3.05) is 13.1 Å². The van der Waals surface area contributed by atoms with Gasteiger partial charge in [0.2, 0.25) is 0 Å². The Morgan fingerprint density at radius 3 is 3.00 bits per heavy atom. The molecule has 2 heterocycles. The lowest BCUT2D eigenvalue weighted by Crippen LogP contribution is -2.37. The Morgan fingerprint density at radius 2 is 2.18 bits per heavy atom. The molecule has 1 unspecified atom stereocenters. The summed E-state index contributed by atoms with van der Waals surface area (Å²) in [6.07, 6.45) is 4.92. The van der Waals surface area contributed by atoms with E-state index in [-0.39, 0.29) is 6.17 Å². The van der Waals surface area contributed by atoms with Crippen molar-refractivity contribution in [1.29, 1.82) is 0 Å². The zero-order valence-electron chi connectivity index (χ0n) is 12.2. The maximum Gasteiger partial charge on any atom is 0.105 e. The number of fused-ring (bicyclic) bond motifs is 1. The van der Waals surface area contributed by atoms with Gasteiger partial charge in [0, 0.05) is 21.9 Å². The van der Waals surface area contributed by atoms with Crippen LogP contribution in [0.1, 0.15) is 29.4 Å². The van der Waals surface area contributed by atoms with Gasteiger partial charge in [0.25, 0.3) is 0 Å². The highest BCUT2D eigenvalue weighted by Crippen LogP contribution is 2.28. The molecule has 0 fully saturated rings. The van der Waals surface area contributed by atoms with Gasteiger partial charge in [-0.3, -0.25) is 10.3 Å². The largest absolute Gasteiger partial charge is 0.365 e. The van der Waals surface area contributed by atoms with Crippen LogP contribution >= 0.6 is 15.9 Å². The van der Waals surface area contributed by atoms with Gasteiger partial charge in [-0.15, -0.1) is 0 Å². The molecule has 22 heavy (non-hydrogen) atoms. The average Bonchev–Trinajstić information content (AvgIpc) is 2.55. The highest BCUT2D eigenvalue weighted by atomic mass is 79.9. The average molecular weight is 359 g/mol. The lowest BCUT2D eigenvalue weighted by molar-refractivity contribution is 0.488. The summed E-state index contributed by atoms with van der Waals surface area (Å²) in [7, 11) is 0. The minimum atomic E-state index is 0.0502. The molecule has 4 N–H and O–H groups in total. The van der Waals surface area contributed by atoms with Crippen molar-refractivity contribution in [1.82, 2.24) is 15.6 Å². The van der Waals surface area contributed by atoms with Crippen LogP contribution in [-0.2, 0) is 0 Å². The molecule has 5 heteroatoms. The predicted octanol–water partition coefficient (Wildman–Crippen LogP) is 2.88. The molecule has 114 valence electrons. The number of hydrogen-bond acceptors (Lipinski definition) is 4. The third kappa shape index (κ3) is 3.38. The van der Waals surface area contributed by atoms with Crippen LogP contribution in [0.2, 0.25) is 0 Å². The lowest BCUT2D eigenvalue weighted by Gasteiger charge is -2.28. The number of aromatic nitrogens is 1. The summed E-state index contributed by atoms with van der Waals surface area (Å²) in [5.41, 5.74) is 9.95. The van der Waals surface area contributed by atoms with Gasteiger partial charge in [0.1, 0.15) is 6.17 Å². The first-order valence-electron chi connectivity index (χ1n) is 7.40. The van der Waals surface area contributed by atoms with Crippen LogP contribution in [0, 0.1) is 0 Å². The minimum absolute atomic E-state index is 0.0502. The van der Waals surface area contributed by atoms with Crippen LogP contribution in [0.4, 0.5) is 0 Å². The van der Waals surface area contributed by atoms with Crippen molar-refractivity contribution in [3.05, 3.63) is 63.9 Å². The van der Waals surface area contributed by atoms with Crippen molar-refractivity contribution in [2.45, 2.75) is 12.6 Å². The molecule has 4 nitrogen and oxygen atoms in total. The summed E-state index contributed by atoms with van der Waals surface area (Å²) in [4.78, 5) is 4.50. The number of halogens is 1. The monoisotopic (exact) mass is 358 g/mol. The first-order chi connectivity index (χ1) is 10.8. The number of benzene rings is 1. The maximum atomic E-state index is 5.58. The first-order valence-corrected chi connectivity index (χ1v) is 8.20. The molecule has 2 aromatic rings. The van der Waals surface area contributed by atoms with Crippen LogP contribution in [0.15, 0.2) is 47.1 Å². The van der Waals surface area contributed by atoms with Gasteiger partial charge < -0.3 is 11.1 Å². The van der Waals surface area contributed by atoms with E-state index >= 15 is 0 Å². The Kier molecular flexibility index (Phi) is 4.87. The summed E-state index contributed by atoms with van der Waals surface area (Å²) < 4.78 is 1.06. The van der Waals surface area contributed by atoms with E-state index in [0.717, 1.165) is 34.4 Å². The van der Waals surface area contributed by atoms with Gasteiger partial charge in [-0.1, -0.05) is 34.1 Å². The smallest absolute Gasteiger partial charge is 0.105 e. The second-order valence-corrected chi connectivity index (χ2v) is 6.14. The van der Waals surface area contributed by atoms with Crippen LogP contribution in [0.25, 0.3) is 11.8 Å². The normalized spacial score (nSPS) is 16.6. The van der Waals surface area contributed by atoms with E-state index in [4.69, 9.17) is 5.73 Å². The van der Waals surface area contributed by atoms with E-state index < -0.39 is 0 Å². The molecule has 1 aromatic carbocycles. The highest BCUT2D eigenvalue weighted by molar-refractivity contribution is 9.10. The Balaban J connectivity index is 1.91. The van der Waals surface area contributed by atoms with Crippen molar-refractivity contribution in [2.24, 2.45) is 5.73 Å². The van der Waals surface area contributed by atoms with Gasteiger partial charge in [-0.2, -0.15) is 0 Å². The fourth-order valence-corrected chi connectivity index (χ4v) is 2.94. The quantitative estimate of drug-likeness (QED) is 0.719. The van der Waals surface area contributed by atoms with Crippen LogP contribution in [0.3, 0.4) is 0 Å².